The zero-order valence-electron chi connectivity index (χ0n) is 9.68. The summed E-state index contributed by atoms with van der Waals surface area (Å²) in [5.74, 6) is 0. The minimum Gasteiger partial charge on any atom is -0.394 e. The number of halogens is 1. The standard InChI is InChI=1S/C11H13ClN4O/c1-7-10(8(2)16(15-7)5-6-17)9-3-4-13-11(12)14-9/h3-4,17H,5-6H2,1-2H3. The molecule has 0 radical (unpaired) electrons. The smallest absolute Gasteiger partial charge is 0.222 e. The normalized spacial score (nSPS) is 10.8. The van der Waals surface area contributed by atoms with Gasteiger partial charge in [0.2, 0.25) is 5.28 Å². The number of hydrogen-bond donors (Lipinski definition) is 1. The number of aryl methyl sites for hydroxylation is 1. The maximum Gasteiger partial charge on any atom is 0.222 e. The lowest BCUT2D eigenvalue weighted by atomic mass is 10.1. The van der Waals surface area contributed by atoms with E-state index in [4.69, 9.17) is 16.7 Å². The molecule has 0 aliphatic heterocycles. The zero-order valence-corrected chi connectivity index (χ0v) is 10.4. The Balaban J connectivity index is 2.52. The summed E-state index contributed by atoms with van der Waals surface area (Å²) < 4.78 is 1.76. The Kier molecular flexibility index (Phi) is 3.40. The second kappa shape index (κ2) is 4.81. The van der Waals surface area contributed by atoms with E-state index in [2.05, 4.69) is 15.1 Å². The Bertz CT molecular complexity index is 538. The Hall–Kier alpha value is -1.46. The number of aromatic nitrogens is 4. The molecule has 0 bridgehead atoms. The van der Waals surface area contributed by atoms with E-state index in [0.29, 0.717) is 6.54 Å². The third kappa shape index (κ3) is 2.30. The van der Waals surface area contributed by atoms with Crippen LogP contribution in [0.25, 0.3) is 11.3 Å². The fourth-order valence-electron chi connectivity index (χ4n) is 1.85. The molecule has 90 valence electrons. The fourth-order valence-corrected chi connectivity index (χ4v) is 2.00. The molecule has 2 rings (SSSR count). The van der Waals surface area contributed by atoms with Gasteiger partial charge in [0.05, 0.1) is 24.5 Å². The van der Waals surface area contributed by atoms with Crippen LogP contribution in [0.2, 0.25) is 5.28 Å². The summed E-state index contributed by atoms with van der Waals surface area (Å²) in [5, 5.41) is 13.5. The summed E-state index contributed by atoms with van der Waals surface area (Å²) in [6.07, 6.45) is 1.62. The van der Waals surface area contributed by atoms with E-state index in [9.17, 15) is 0 Å². The second-order valence-corrected chi connectivity index (χ2v) is 4.04. The monoisotopic (exact) mass is 252 g/mol. The quantitative estimate of drug-likeness (QED) is 0.843. The molecule has 0 saturated carbocycles. The van der Waals surface area contributed by atoms with Gasteiger partial charge in [-0.3, -0.25) is 4.68 Å². The molecule has 6 heteroatoms. The zero-order chi connectivity index (χ0) is 12.4. The molecule has 17 heavy (non-hydrogen) atoms. The van der Waals surface area contributed by atoms with Crippen LogP contribution in [-0.4, -0.2) is 31.5 Å². The van der Waals surface area contributed by atoms with Gasteiger partial charge >= 0.3 is 0 Å². The van der Waals surface area contributed by atoms with E-state index in [1.165, 1.54) is 0 Å². The van der Waals surface area contributed by atoms with Crippen molar-refractivity contribution in [3.05, 3.63) is 28.9 Å². The highest BCUT2D eigenvalue weighted by Crippen LogP contribution is 2.25. The summed E-state index contributed by atoms with van der Waals surface area (Å²) in [4.78, 5) is 8.03. The lowest BCUT2D eigenvalue weighted by Crippen LogP contribution is -2.05. The highest BCUT2D eigenvalue weighted by Gasteiger charge is 2.14. The molecule has 2 heterocycles. The van der Waals surface area contributed by atoms with Gasteiger partial charge in [0, 0.05) is 17.5 Å². The van der Waals surface area contributed by atoms with Crippen LogP contribution in [0.1, 0.15) is 11.4 Å². The molecular weight excluding hydrogens is 240 g/mol. The van der Waals surface area contributed by atoms with Gasteiger partial charge in [0.25, 0.3) is 0 Å². The maximum absolute atomic E-state index is 8.95. The van der Waals surface area contributed by atoms with E-state index in [0.717, 1.165) is 22.6 Å². The average molecular weight is 253 g/mol. The lowest BCUT2D eigenvalue weighted by Gasteiger charge is -2.03. The van der Waals surface area contributed by atoms with E-state index >= 15 is 0 Å². The van der Waals surface area contributed by atoms with Crippen LogP contribution in [0.4, 0.5) is 0 Å². The molecule has 0 saturated heterocycles. The first-order valence-electron chi connectivity index (χ1n) is 5.27. The van der Waals surface area contributed by atoms with Crippen LogP contribution >= 0.6 is 11.6 Å². The van der Waals surface area contributed by atoms with Gasteiger partial charge in [-0.2, -0.15) is 5.10 Å². The molecule has 5 nitrogen and oxygen atoms in total. The molecule has 0 unspecified atom stereocenters. The first-order valence-corrected chi connectivity index (χ1v) is 5.65. The van der Waals surface area contributed by atoms with Crippen molar-refractivity contribution in [1.82, 2.24) is 19.7 Å². The van der Waals surface area contributed by atoms with Crippen molar-refractivity contribution in [2.45, 2.75) is 20.4 Å². The van der Waals surface area contributed by atoms with Gasteiger partial charge in [-0.05, 0) is 31.5 Å². The van der Waals surface area contributed by atoms with Crippen LogP contribution in [-0.2, 0) is 6.54 Å². The topological polar surface area (TPSA) is 63.8 Å². The largest absolute Gasteiger partial charge is 0.394 e. The third-order valence-corrected chi connectivity index (χ3v) is 2.76. The molecule has 0 aliphatic carbocycles. The highest BCUT2D eigenvalue weighted by atomic mass is 35.5. The average Bonchev–Trinajstić information content (AvgIpc) is 2.55. The van der Waals surface area contributed by atoms with Gasteiger partial charge in [-0.15, -0.1) is 0 Å². The summed E-state index contributed by atoms with van der Waals surface area (Å²) in [6.45, 7) is 4.39. The van der Waals surface area contributed by atoms with Crippen molar-refractivity contribution in [2.75, 3.05) is 6.61 Å². The molecule has 2 aromatic rings. The SMILES string of the molecule is Cc1nn(CCO)c(C)c1-c1ccnc(Cl)n1. The van der Waals surface area contributed by atoms with Crippen LogP contribution in [0.3, 0.4) is 0 Å². The molecule has 1 N–H and O–H groups in total. The second-order valence-electron chi connectivity index (χ2n) is 3.70. The maximum atomic E-state index is 8.95. The van der Waals surface area contributed by atoms with Crippen LogP contribution in [0.5, 0.6) is 0 Å². The lowest BCUT2D eigenvalue weighted by molar-refractivity contribution is 0.268. The molecule has 0 atom stereocenters. The third-order valence-electron chi connectivity index (χ3n) is 2.58. The summed E-state index contributed by atoms with van der Waals surface area (Å²) in [6, 6.07) is 1.80. The van der Waals surface area contributed by atoms with Crippen molar-refractivity contribution in [2.24, 2.45) is 0 Å². The molecule has 0 aromatic carbocycles. The number of aliphatic hydroxyl groups excluding tert-OH is 1. The summed E-state index contributed by atoms with van der Waals surface area (Å²) in [7, 11) is 0. The molecule has 0 fully saturated rings. The van der Waals surface area contributed by atoms with Gasteiger partial charge in [0.1, 0.15) is 0 Å². The van der Waals surface area contributed by atoms with Gasteiger partial charge in [0.15, 0.2) is 0 Å². The van der Waals surface area contributed by atoms with Crippen molar-refractivity contribution >= 4 is 11.6 Å². The predicted octanol–water partition coefficient (Wildman–Crippen LogP) is 1.60. The van der Waals surface area contributed by atoms with Crippen molar-refractivity contribution in [3.63, 3.8) is 0 Å². The van der Waals surface area contributed by atoms with Gasteiger partial charge in [-0.1, -0.05) is 0 Å². The predicted molar refractivity (Wildman–Crippen MR) is 64.8 cm³/mol. The number of hydrogen-bond acceptors (Lipinski definition) is 4. The van der Waals surface area contributed by atoms with Crippen LogP contribution < -0.4 is 0 Å². The van der Waals surface area contributed by atoms with Crippen LogP contribution in [0.15, 0.2) is 12.3 Å². The minimum atomic E-state index is 0.0614. The van der Waals surface area contributed by atoms with Crippen molar-refractivity contribution < 1.29 is 5.11 Å². The van der Waals surface area contributed by atoms with Crippen molar-refractivity contribution in [1.29, 1.82) is 0 Å². The Labute approximate surface area is 104 Å². The number of aliphatic hydroxyl groups is 1. The van der Waals surface area contributed by atoms with E-state index in [1.54, 1.807) is 16.9 Å². The van der Waals surface area contributed by atoms with Crippen molar-refractivity contribution in [3.8, 4) is 11.3 Å². The first-order chi connectivity index (χ1) is 8.13. The number of nitrogens with zero attached hydrogens (tertiary/aromatic N) is 4. The van der Waals surface area contributed by atoms with Crippen LogP contribution in [0, 0.1) is 13.8 Å². The fraction of sp³-hybridized carbons (Fsp3) is 0.364. The Morgan fingerprint density at radius 1 is 1.41 bits per heavy atom. The Morgan fingerprint density at radius 3 is 2.82 bits per heavy atom. The van der Waals surface area contributed by atoms with E-state index in [-0.39, 0.29) is 11.9 Å². The first kappa shape index (κ1) is 12.0. The number of rotatable bonds is 3. The van der Waals surface area contributed by atoms with E-state index < -0.39 is 0 Å². The van der Waals surface area contributed by atoms with E-state index in [1.807, 2.05) is 13.8 Å². The molecule has 2 aromatic heterocycles. The Morgan fingerprint density at radius 2 is 2.18 bits per heavy atom. The highest BCUT2D eigenvalue weighted by molar-refractivity contribution is 6.28. The van der Waals surface area contributed by atoms with Gasteiger partial charge < -0.3 is 5.11 Å². The summed E-state index contributed by atoms with van der Waals surface area (Å²) in [5.41, 5.74) is 3.53. The molecule has 0 spiro atoms. The molecular formula is C11H13ClN4O. The van der Waals surface area contributed by atoms with Gasteiger partial charge in [-0.25, -0.2) is 9.97 Å². The minimum absolute atomic E-state index is 0.0614. The summed E-state index contributed by atoms with van der Waals surface area (Å²) >= 11 is 5.78. The molecule has 0 amide bonds. The molecule has 0 aliphatic rings.